The molecule has 0 aliphatic carbocycles. The van der Waals surface area contributed by atoms with Gasteiger partial charge in [0.05, 0.1) is 5.69 Å². The van der Waals surface area contributed by atoms with Crippen LogP contribution in [0.25, 0.3) is 22.4 Å². The molecule has 0 aliphatic heterocycles. The Morgan fingerprint density at radius 2 is 1.66 bits per heavy atom. The average molecular weight is 513 g/mol. The van der Waals surface area contributed by atoms with Gasteiger partial charge in [-0.25, -0.2) is 4.79 Å². The summed E-state index contributed by atoms with van der Waals surface area (Å²) in [5.74, 6) is -0.753. The summed E-state index contributed by atoms with van der Waals surface area (Å²) in [5.41, 5.74) is 4.68. The molecule has 196 valence electrons. The molecule has 8 nitrogen and oxygen atoms in total. The van der Waals surface area contributed by atoms with Crippen molar-refractivity contribution < 1.29 is 19.4 Å². The number of aryl methyl sites for hydroxylation is 2. The molecule has 4 rings (SSSR count). The molecule has 1 unspecified atom stereocenters. The molecular weight excluding hydrogens is 480 g/mol. The van der Waals surface area contributed by atoms with Crippen molar-refractivity contribution in [3.63, 3.8) is 0 Å². The summed E-state index contributed by atoms with van der Waals surface area (Å²) in [6.07, 6.45) is 4.63. The van der Waals surface area contributed by atoms with Gasteiger partial charge in [-0.2, -0.15) is 5.10 Å². The number of aliphatic carboxylic acids is 1. The highest BCUT2D eigenvalue weighted by Crippen LogP contribution is 2.28. The lowest BCUT2D eigenvalue weighted by Gasteiger charge is -2.27. The van der Waals surface area contributed by atoms with E-state index in [1.807, 2.05) is 69.4 Å². The quantitative estimate of drug-likeness (QED) is 0.294. The van der Waals surface area contributed by atoms with Crippen molar-refractivity contribution in [3.05, 3.63) is 89.9 Å². The van der Waals surface area contributed by atoms with Crippen LogP contribution in [-0.4, -0.2) is 37.3 Å². The molecule has 0 aliphatic rings. The minimum Gasteiger partial charge on any atom is -0.478 e. The van der Waals surface area contributed by atoms with Crippen molar-refractivity contribution in [2.45, 2.75) is 45.8 Å². The average Bonchev–Trinajstić information content (AvgIpc) is 3.31. The second kappa shape index (κ2) is 11.3. The van der Waals surface area contributed by atoms with Crippen LogP contribution in [0.4, 0.5) is 0 Å². The van der Waals surface area contributed by atoms with Crippen molar-refractivity contribution in [3.8, 4) is 28.1 Å². The number of nitrogens with one attached hydrogen (secondary N) is 1. The van der Waals surface area contributed by atoms with Gasteiger partial charge in [-0.15, -0.1) is 0 Å². The summed E-state index contributed by atoms with van der Waals surface area (Å²) in [6.45, 7) is 5.67. The molecule has 0 saturated carbocycles. The zero-order valence-corrected chi connectivity index (χ0v) is 22.1. The highest BCUT2D eigenvalue weighted by molar-refractivity contribution is 5.93. The van der Waals surface area contributed by atoms with E-state index < -0.39 is 11.6 Å². The number of hydrogen-bond donors (Lipinski definition) is 2. The van der Waals surface area contributed by atoms with Crippen LogP contribution >= 0.6 is 0 Å². The Kier molecular flexibility index (Phi) is 7.90. The second-order valence-electron chi connectivity index (χ2n) is 9.52. The summed E-state index contributed by atoms with van der Waals surface area (Å²) >= 11 is 0. The Labute approximate surface area is 222 Å². The Hall–Kier alpha value is -4.46. The first-order valence-electron chi connectivity index (χ1n) is 12.5. The number of nitrogens with zero attached hydrogens (tertiary/aromatic N) is 3. The molecule has 0 fully saturated rings. The fourth-order valence-corrected chi connectivity index (χ4v) is 4.36. The first-order valence-corrected chi connectivity index (χ1v) is 12.5. The van der Waals surface area contributed by atoms with Gasteiger partial charge in [0.1, 0.15) is 5.75 Å². The lowest BCUT2D eigenvalue weighted by molar-refractivity contribution is -0.154. The lowest BCUT2D eigenvalue weighted by Crippen LogP contribution is -2.41. The highest BCUT2D eigenvalue weighted by atomic mass is 16.5. The first-order chi connectivity index (χ1) is 18.2. The monoisotopic (exact) mass is 512 g/mol. The van der Waals surface area contributed by atoms with E-state index in [1.54, 1.807) is 36.1 Å². The number of ether oxygens (including phenoxy) is 1. The predicted octanol–water partition coefficient (Wildman–Crippen LogP) is 5.41. The maximum atomic E-state index is 12.9. The Balaban J connectivity index is 1.41. The molecule has 38 heavy (non-hydrogen) atoms. The molecule has 4 aromatic rings. The van der Waals surface area contributed by atoms with Gasteiger partial charge >= 0.3 is 5.97 Å². The number of carboxylic acid groups (broad SMARTS) is 1. The number of hydrogen-bond acceptors (Lipinski definition) is 5. The molecule has 2 heterocycles. The fourth-order valence-electron chi connectivity index (χ4n) is 4.36. The van der Waals surface area contributed by atoms with Crippen LogP contribution in [0.15, 0.2) is 73.1 Å². The van der Waals surface area contributed by atoms with Gasteiger partial charge in [-0.05, 0) is 72.4 Å². The number of benzene rings is 2. The molecule has 0 saturated heterocycles. The molecule has 1 amide bonds. The van der Waals surface area contributed by atoms with Crippen LogP contribution in [0.1, 0.15) is 48.3 Å². The van der Waals surface area contributed by atoms with Crippen LogP contribution in [0.3, 0.4) is 0 Å². The number of carbonyl (C=O) groups is 2. The molecule has 0 bridgehead atoms. The van der Waals surface area contributed by atoms with Crippen molar-refractivity contribution in [1.82, 2.24) is 20.1 Å². The minimum atomic E-state index is -1.29. The SMILES string of the molecule is CCCC(C)(Oc1ccc(CNC(=O)c2cc(-c3ccc(-c4ccncc4)cc3)n(C)n2)cc1C)C(=O)O. The van der Waals surface area contributed by atoms with Gasteiger partial charge in [0.25, 0.3) is 5.91 Å². The number of amides is 1. The van der Waals surface area contributed by atoms with E-state index in [4.69, 9.17) is 4.74 Å². The number of pyridine rings is 1. The van der Waals surface area contributed by atoms with E-state index >= 15 is 0 Å². The zero-order valence-electron chi connectivity index (χ0n) is 22.1. The van der Waals surface area contributed by atoms with Gasteiger partial charge in [-0.3, -0.25) is 14.5 Å². The van der Waals surface area contributed by atoms with Crippen molar-refractivity contribution >= 4 is 11.9 Å². The Morgan fingerprint density at radius 1 is 1.00 bits per heavy atom. The third-order valence-electron chi connectivity index (χ3n) is 6.51. The van der Waals surface area contributed by atoms with Gasteiger partial charge in [0.2, 0.25) is 5.60 Å². The number of rotatable bonds is 10. The number of carboxylic acids is 1. The van der Waals surface area contributed by atoms with E-state index in [9.17, 15) is 14.7 Å². The number of aromatic nitrogens is 3. The van der Waals surface area contributed by atoms with E-state index in [-0.39, 0.29) is 5.91 Å². The van der Waals surface area contributed by atoms with Gasteiger partial charge < -0.3 is 15.2 Å². The van der Waals surface area contributed by atoms with E-state index in [0.29, 0.717) is 30.8 Å². The molecule has 1 atom stereocenters. The minimum absolute atomic E-state index is 0.278. The summed E-state index contributed by atoms with van der Waals surface area (Å²) in [4.78, 5) is 28.6. The van der Waals surface area contributed by atoms with Crippen molar-refractivity contribution in [2.24, 2.45) is 7.05 Å². The molecule has 2 aromatic heterocycles. The maximum absolute atomic E-state index is 12.9. The second-order valence-corrected chi connectivity index (χ2v) is 9.52. The van der Waals surface area contributed by atoms with Gasteiger partial charge in [0.15, 0.2) is 5.69 Å². The number of carbonyl (C=O) groups excluding carboxylic acids is 1. The Bertz CT molecular complexity index is 1430. The molecular formula is C30H32N4O4. The lowest BCUT2D eigenvalue weighted by atomic mass is 10.00. The largest absolute Gasteiger partial charge is 0.478 e. The van der Waals surface area contributed by atoms with Gasteiger partial charge in [-0.1, -0.05) is 49.7 Å². The zero-order chi connectivity index (χ0) is 27.3. The molecule has 8 heteroatoms. The van der Waals surface area contributed by atoms with Crippen LogP contribution in [0, 0.1) is 6.92 Å². The summed E-state index contributed by atoms with van der Waals surface area (Å²) in [5, 5.41) is 16.9. The third kappa shape index (κ3) is 5.91. The van der Waals surface area contributed by atoms with Crippen LogP contribution in [0.5, 0.6) is 5.75 Å². The van der Waals surface area contributed by atoms with Crippen LogP contribution < -0.4 is 10.1 Å². The van der Waals surface area contributed by atoms with Crippen LogP contribution in [0.2, 0.25) is 0 Å². The maximum Gasteiger partial charge on any atom is 0.347 e. The summed E-state index contributed by atoms with van der Waals surface area (Å²) in [6, 6.07) is 19.3. The van der Waals surface area contributed by atoms with E-state index in [2.05, 4.69) is 15.4 Å². The van der Waals surface area contributed by atoms with Crippen LogP contribution in [-0.2, 0) is 18.4 Å². The molecule has 0 radical (unpaired) electrons. The first kappa shape index (κ1) is 26.6. The summed E-state index contributed by atoms with van der Waals surface area (Å²) < 4.78 is 7.57. The predicted molar refractivity (Wildman–Crippen MR) is 146 cm³/mol. The van der Waals surface area contributed by atoms with Gasteiger partial charge in [0, 0.05) is 26.0 Å². The third-order valence-corrected chi connectivity index (χ3v) is 6.51. The normalized spacial score (nSPS) is 12.5. The fraction of sp³-hybridized carbons (Fsp3) is 0.267. The highest BCUT2D eigenvalue weighted by Gasteiger charge is 2.35. The molecule has 0 spiro atoms. The molecule has 2 aromatic carbocycles. The topological polar surface area (TPSA) is 106 Å². The summed E-state index contributed by atoms with van der Waals surface area (Å²) in [7, 11) is 1.81. The van der Waals surface area contributed by atoms with E-state index in [1.165, 1.54) is 0 Å². The van der Waals surface area contributed by atoms with E-state index in [0.717, 1.165) is 33.5 Å². The Morgan fingerprint density at radius 3 is 2.29 bits per heavy atom. The van der Waals surface area contributed by atoms with Crippen molar-refractivity contribution in [1.29, 1.82) is 0 Å². The standard InChI is InChI=1S/C30H32N4O4/c1-5-14-30(3,29(36)37)38-27-11-6-21(17-20(27)2)19-32-28(35)25-18-26(34(4)33-25)24-9-7-22(8-10-24)23-12-15-31-16-13-23/h6-13,15-18H,5,14,19H2,1-4H3,(H,32,35)(H,36,37). The smallest absolute Gasteiger partial charge is 0.347 e. The van der Waals surface area contributed by atoms with Crippen molar-refractivity contribution in [2.75, 3.05) is 0 Å². The molecule has 2 N–H and O–H groups in total.